The predicted octanol–water partition coefficient (Wildman–Crippen LogP) is 4.17. The topological polar surface area (TPSA) is 9.23 Å². The van der Waals surface area contributed by atoms with Gasteiger partial charge in [-0.1, -0.05) is 13.0 Å². The number of rotatable bonds is 6. The lowest BCUT2D eigenvalue weighted by molar-refractivity contribution is 0.279. The van der Waals surface area contributed by atoms with Crippen molar-refractivity contribution in [3.05, 3.63) is 29.6 Å². The number of aryl methyl sites for hydroxylation is 1. The van der Waals surface area contributed by atoms with Gasteiger partial charge in [0.05, 0.1) is 6.61 Å². The van der Waals surface area contributed by atoms with E-state index in [-0.39, 0.29) is 5.82 Å². The first kappa shape index (κ1) is 13.3. The highest BCUT2D eigenvalue weighted by Crippen LogP contribution is 2.19. The summed E-state index contributed by atoms with van der Waals surface area (Å²) in [7, 11) is 0. The Labute approximate surface area is 102 Å². The Hall–Kier alpha value is -0.760. The van der Waals surface area contributed by atoms with Gasteiger partial charge in [-0.15, -0.1) is 11.6 Å². The number of hydrogen-bond donors (Lipinski definition) is 0. The van der Waals surface area contributed by atoms with Crippen molar-refractivity contribution >= 4 is 11.6 Å². The van der Waals surface area contributed by atoms with Gasteiger partial charge in [0.1, 0.15) is 11.6 Å². The van der Waals surface area contributed by atoms with Crippen molar-refractivity contribution in [2.75, 3.05) is 12.5 Å². The molecular formula is C13H18ClFO. The van der Waals surface area contributed by atoms with Crippen LogP contribution in [0.15, 0.2) is 18.2 Å². The maximum absolute atomic E-state index is 13.0. The number of benzene rings is 1. The third-order valence-corrected chi connectivity index (χ3v) is 2.84. The monoisotopic (exact) mass is 244 g/mol. The van der Waals surface area contributed by atoms with Gasteiger partial charge in [0.25, 0.3) is 0 Å². The number of ether oxygens (including phenoxy) is 1. The summed E-state index contributed by atoms with van der Waals surface area (Å²) < 4.78 is 18.5. The van der Waals surface area contributed by atoms with Gasteiger partial charge in [-0.3, -0.25) is 0 Å². The van der Waals surface area contributed by atoms with Gasteiger partial charge < -0.3 is 4.74 Å². The number of hydrogen-bond acceptors (Lipinski definition) is 1. The Morgan fingerprint density at radius 3 is 2.81 bits per heavy atom. The molecule has 1 aromatic carbocycles. The van der Waals surface area contributed by atoms with E-state index in [1.54, 1.807) is 6.07 Å². The second-order valence-electron chi connectivity index (χ2n) is 4.13. The Morgan fingerprint density at radius 2 is 2.12 bits per heavy atom. The van der Waals surface area contributed by atoms with E-state index in [0.717, 1.165) is 18.4 Å². The van der Waals surface area contributed by atoms with Crippen LogP contribution >= 0.6 is 11.6 Å². The zero-order chi connectivity index (χ0) is 12.0. The Morgan fingerprint density at radius 1 is 1.38 bits per heavy atom. The standard InChI is InChI=1S/C13H18ClFO/c1-10(5-7-14)6-8-16-13-9-12(15)4-3-11(13)2/h3-4,9-10H,5-8H2,1-2H3. The van der Waals surface area contributed by atoms with Crippen LogP contribution in [0.3, 0.4) is 0 Å². The summed E-state index contributed by atoms with van der Waals surface area (Å²) in [5, 5.41) is 0. The van der Waals surface area contributed by atoms with E-state index in [2.05, 4.69) is 6.92 Å². The van der Waals surface area contributed by atoms with Gasteiger partial charge in [-0.25, -0.2) is 4.39 Å². The molecule has 3 heteroatoms. The van der Waals surface area contributed by atoms with Crippen LogP contribution in [-0.2, 0) is 0 Å². The Bertz CT molecular complexity index is 328. The molecule has 1 nitrogen and oxygen atoms in total. The molecule has 1 atom stereocenters. The van der Waals surface area contributed by atoms with Crippen LogP contribution in [-0.4, -0.2) is 12.5 Å². The molecule has 0 aliphatic rings. The van der Waals surface area contributed by atoms with Crippen molar-refractivity contribution in [1.29, 1.82) is 0 Å². The summed E-state index contributed by atoms with van der Waals surface area (Å²) in [4.78, 5) is 0. The molecular weight excluding hydrogens is 227 g/mol. The lowest BCUT2D eigenvalue weighted by Crippen LogP contribution is -2.05. The summed E-state index contributed by atoms with van der Waals surface area (Å²) in [5.41, 5.74) is 0.964. The molecule has 0 amide bonds. The van der Waals surface area contributed by atoms with Gasteiger partial charge in [0.15, 0.2) is 0 Å². The zero-order valence-electron chi connectivity index (χ0n) is 9.80. The van der Waals surface area contributed by atoms with Gasteiger partial charge in [-0.05, 0) is 37.3 Å². The van der Waals surface area contributed by atoms with Crippen molar-refractivity contribution in [3.8, 4) is 5.75 Å². The fourth-order valence-corrected chi connectivity index (χ4v) is 1.80. The lowest BCUT2D eigenvalue weighted by Gasteiger charge is -2.12. The van der Waals surface area contributed by atoms with Crippen LogP contribution in [0.1, 0.15) is 25.3 Å². The molecule has 90 valence electrons. The molecule has 0 heterocycles. The number of halogens is 2. The fourth-order valence-electron chi connectivity index (χ4n) is 1.43. The van der Waals surface area contributed by atoms with Gasteiger partial charge in [0.2, 0.25) is 0 Å². The highest BCUT2D eigenvalue weighted by Gasteiger charge is 2.04. The van der Waals surface area contributed by atoms with E-state index >= 15 is 0 Å². The first-order valence-corrected chi connectivity index (χ1v) is 6.12. The van der Waals surface area contributed by atoms with Crippen LogP contribution in [0, 0.1) is 18.7 Å². The first-order chi connectivity index (χ1) is 7.63. The minimum Gasteiger partial charge on any atom is -0.493 e. The molecule has 0 aromatic heterocycles. The molecule has 0 bridgehead atoms. The van der Waals surface area contributed by atoms with E-state index in [1.807, 2.05) is 6.92 Å². The molecule has 0 saturated heterocycles. The summed E-state index contributed by atoms with van der Waals surface area (Å²) in [6, 6.07) is 4.60. The summed E-state index contributed by atoms with van der Waals surface area (Å²) in [6.45, 7) is 4.67. The second kappa shape index (κ2) is 6.74. The zero-order valence-corrected chi connectivity index (χ0v) is 10.6. The summed E-state index contributed by atoms with van der Waals surface area (Å²) >= 11 is 5.65. The maximum atomic E-state index is 13.0. The van der Waals surface area contributed by atoms with E-state index in [0.29, 0.717) is 24.2 Å². The van der Waals surface area contributed by atoms with Crippen LogP contribution in [0.2, 0.25) is 0 Å². The van der Waals surface area contributed by atoms with Crippen LogP contribution < -0.4 is 4.74 Å². The quantitative estimate of drug-likeness (QED) is 0.683. The predicted molar refractivity (Wildman–Crippen MR) is 65.8 cm³/mol. The molecule has 0 radical (unpaired) electrons. The maximum Gasteiger partial charge on any atom is 0.126 e. The van der Waals surface area contributed by atoms with Gasteiger partial charge in [0, 0.05) is 11.9 Å². The Kier molecular flexibility index (Phi) is 5.61. The van der Waals surface area contributed by atoms with Crippen molar-refractivity contribution in [2.45, 2.75) is 26.7 Å². The van der Waals surface area contributed by atoms with E-state index < -0.39 is 0 Å². The average molecular weight is 245 g/mol. The van der Waals surface area contributed by atoms with Crippen molar-refractivity contribution in [2.24, 2.45) is 5.92 Å². The highest BCUT2D eigenvalue weighted by molar-refractivity contribution is 6.17. The molecule has 0 spiro atoms. The normalized spacial score (nSPS) is 12.5. The minimum absolute atomic E-state index is 0.255. The molecule has 1 unspecified atom stereocenters. The van der Waals surface area contributed by atoms with Crippen LogP contribution in [0.4, 0.5) is 4.39 Å². The van der Waals surface area contributed by atoms with Crippen LogP contribution in [0.5, 0.6) is 5.75 Å². The van der Waals surface area contributed by atoms with Crippen molar-refractivity contribution < 1.29 is 9.13 Å². The van der Waals surface area contributed by atoms with Crippen LogP contribution in [0.25, 0.3) is 0 Å². The second-order valence-corrected chi connectivity index (χ2v) is 4.51. The number of alkyl halides is 1. The molecule has 1 rings (SSSR count). The van der Waals surface area contributed by atoms with Gasteiger partial charge >= 0.3 is 0 Å². The molecule has 0 saturated carbocycles. The molecule has 1 aromatic rings. The van der Waals surface area contributed by atoms with E-state index in [9.17, 15) is 4.39 Å². The molecule has 16 heavy (non-hydrogen) atoms. The van der Waals surface area contributed by atoms with Gasteiger partial charge in [-0.2, -0.15) is 0 Å². The minimum atomic E-state index is -0.255. The lowest BCUT2D eigenvalue weighted by atomic mass is 10.1. The average Bonchev–Trinajstić information content (AvgIpc) is 2.23. The smallest absolute Gasteiger partial charge is 0.126 e. The molecule has 0 aliphatic heterocycles. The summed E-state index contributed by atoms with van der Waals surface area (Å²) in [6.07, 6.45) is 1.94. The molecule has 0 aliphatic carbocycles. The third kappa shape index (κ3) is 4.40. The SMILES string of the molecule is Cc1ccc(F)cc1OCCC(C)CCCl. The molecule has 0 fully saturated rings. The highest BCUT2D eigenvalue weighted by atomic mass is 35.5. The van der Waals surface area contributed by atoms with E-state index in [4.69, 9.17) is 16.3 Å². The molecule has 0 N–H and O–H groups in total. The van der Waals surface area contributed by atoms with Crippen molar-refractivity contribution in [1.82, 2.24) is 0 Å². The van der Waals surface area contributed by atoms with E-state index in [1.165, 1.54) is 12.1 Å². The Balaban J connectivity index is 2.39. The first-order valence-electron chi connectivity index (χ1n) is 5.58. The van der Waals surface area contributed by atoms with Crippen molar-refractivity contribution in [3.63, 3.8) is 0 Å². The largest absolute Gasteiger partial charge is 0.493 e. The third-order valence-electron chi connectivity index (χ3n) is 2.62. The summed E-state index contributed by atoms with van der Waals surface area (Å²) in [5.74, 6) is 1.61. The fraction of sp³-hybridized carbons (Fsp3) is 0.538.